The van der Waals surface area contributed by atoms with Crippen molar-refractivity contribution in [3.63, 3.8) is 0 Å². The summed E-state index contributed by atoms with van der Waals surface area (Å²) in [5.74, 6) is -1.19. The largest absolute Gasteiger partial charge is 0.496 e. The third kappa shape index (κ3) is 3.30. The van der Waals surface area contributed by atoms with Gasteiger partial charge in [0.25, 0.3) is 0 Å². The van der Waals surface area contributed by atoms with Gasteiger partial charge in [-0.2, -0.15) is 0 Å². The molecular weight excluding hydrogens is 304 g/mol. The molecule has 0 fully saturated rings. The molecule has 98 valence electrons. The van der Waals surface area contributed by atoms with Crippen LogP contribution in [0.4, 0.5) is 0 Å². The average Bonchev–Trinajstić information content (AvgIpc) is 2.37. The maximum atomic E-state index is 11.4. The summed E-state index contributed by atoms with van der Waals surface area (Å²) in [6.45, 7) is 0. The van der Waals surface area contributed by atoms with E-state index in [1.165, 1.54) is 13.2 Å². The third-order valence-electron chi connectivity index (χ3n) is 2.40. The number of ketones is 1. The Morgan fingerprint density at radius 1 is 1.44 bits per heavy atom. The fourth-order valence-electron chi connectivity index (χ4n) is 1.60. The van der Waals surface area contributed by atoms with Crippen LogP contribution in [0.3, 0.4) is 0 Å². The highest BCUT2D eigenvalue weighted by Crippen LogP contribution is 2.29. The first-order valence-corrected chi connectivity index (χ1v) is 6.27. The number of aliphatic hydroxyl groups excluding tert-OH is 1. The van der Waals surface area contributed by atoms with E-state index in [9.17, 15) is 14.7 Å². The van der Waals surface area contributed by atoms with E-state index in [0.717, 1.165) is 0 Å². The van der Waals surface area contributed by atoms with Gasteiger partial charge in [0.2, 0.25) is 0 Å². The molecule has 1 rings (SSSR count). The van der Waals surface area contributed by atoms with E-state index in [1.807, 2.05) is 0 Å². The van der Waals surface area contributed by atoms with Gasteiger partial charge in [-0.1, -0.05) is 34.1 Å². The van der Waals surface area contributed by atoms with E-state index in [4.69, 9.17) is 9.84 Å². The van der Waals surface area contributed by atoms with Crippen LogP contribution < -0.4 is 4.74 Å². The van der Waals surface area contributed by atoms with Crippen LogP contribution in [0.1, 0.15) is 17.2 Å². The number of halogens is 1. The zero-order chi connectivity index (χ0) is 13.7. The van der Waals surface area contributed by atoms with Crippen LogP contribution in [0.15, 0.2) is 18.2 Å². The Morgan fingerprint density at radius 3 is 2.61 bits per heavy atom. The summed E-state index contributed by atoms with van der Waals surface area (Å²) in [6, 6.07) is 4.71. The van der Waals surface area contributed by atoms with Gasteiger partial charge < -0.3 is 14.9 Å². The second-order valence-corrected chi connectivity index (χ2v) is 4.19. The Kier molecular flexibility index (Phi) is 5.30. The zero-order valence-corrected chi connectivity index (χ0v) is 11.3. The predicted molar refractivity (Wildman–Crippen MR) is 68.1 cm³/mol. The quantitative estimate of drug-likeness (QED) is 0.773. The van der Waals surface area contributed by atoms with Crippen molar-refractivity contribution in [2.45, 2.75) is 12.5 Å². The summed E-state index contributed by atoms with van der Waals surface area (Å²) in [5, 5.41) is 18.6. The van der Waals surface area contributed by atoms with E-state index in [2.05, 4.69) is 15.9 Å². The fourth-order valence-corrected chi connectivity index (χ4v) is 1.80. The van der Waals surface area contributed by atoms with Crippen molar-refractivity contribution in [2.75, 3.05) is 12.4 Å². The normalized spacial score (nSPS) is 11.9. The van der Waals surface area contributed by atoms with Gasteiger partial charge >= 0.3 is 5.97 Å². The molecule has 6 heteroatoms. The fraction of sp³-hybridized carbons (Fsp3) is 0.333. The third-order valence-corrected chi connectivity index (χ3v) is 3.02. The second kappa shape index (κ2) is 6.51. The highest BCUT2D eigenvalue weighted by molar-refractivity contribution is 9.09. The van der Waals surface area contributed by atoms with E-state index in [-0.39, 0.29) is 28.8 Å². The molecule has 0 heterocycles. The van der Waals surface area contributed by atoms with Crippen LogP contribution in [-0.2, 0) is 16.0 Å². The Labute approximate surface area is 113 Å². The van der Waals surface area contributed by atoms with Gasteiger partial charge in [0, 0.05) is 17.5 Å². The lowest BCUT2D eigenvalue weighted by molar-refractivity contribution is -0.147. The van der Waals surface area contributed by atoms with E-state index >= 15 is 0 Å². The smallest absolute Gasteiger partial charge is 0.337 e. The Hall–Kier alpha value is -1.40. The Morgan fingerprint density at radius 2 is 2.11 bits per heavy atom. The van der Waals surface area contributed by atoms with Crippen molar-refractivity contribution < 1.29 is 24.5 Å². The number of carbonyl (C=O) groups excluding carboxylic acids is 1. The number of carboxylic acids is 1. The molecule has 1 unspecified atom stereocenters. The molecular formula is C12H13BrO5. The number of hydrogen-bond donors (Lipinski definition) is 2. The SMILES string of the molecule is COc1c(CC(=O)CBr)cccc1C(O)C(=O)O. The van der Waals surface area contributed by atoms with Crippen molar-refractivity contribution in [1.82, 2.24) is 0 Å². The number of rotatable bonds is 6. The highest BCUT2D eigenvalue weighted by Gasteiger charge is 2.22. The Bertz CT molecular complexity index is 458. The van der Waals surface area contributed by atoms with Crippen molar-refractivity contribution in [2.24, 2.45) is 0 Å². The topological polar surface area (TPSA) is 83.8 Å². The molecule has 0 radical (unpaired) electrons. The lowest BCUT2D eigenvalue weighted by Gasteiger charge is -2.14. The minimum Gasteiger partial charge on any atom is -0.496 e. The summed E-state index contributed by atoms with van der Waals surface area (Å²) in [7, 11) is 1.37. The van der Waals surface area contributed by atoms with Gasteiger partial charge in [-0.3, -0.25) is 4.79 Å². The molecule has 1 aromatic rings. The van der Waals surface area contributed by atoms with Gasteiger partial charge in [-0.25, -0.2) is 4.79 Å². The summed E-state index contributed by atoms with van der Waals surface area (Å²) in [5.41, 5.74) is 0.699. The van der Waals surface area contributed by atoms with E-state index in [1.54, 1.807) is 12.1 Å². The van der Waals surface area contributed by atoms with Crippen LogP contribution in [0.2, 0.25) is 0 Å². The molecule has 0 saturated carbocycles. The minimum absolute atomic E-state index is 0.0599. The molecule has 0 aliphatic carbocycles. The molecule has 0 aromatic heterocycles. The number of Topliss-reactive ketones (excluding diaryl/α,β-unsaturated/α-hetero) is 1. The van der Waals surface area contributed by atoms with Crippen LogP contribution in [-0.4, -0.2) is 34.4 Å². The number of methoxy groups -OCH3 is 1. The summed E-state index contributed by atoms with van der Waals surface area (Å²) in [4.78, 5) is 22.2. The number of aliphatic carboxylic acids is 1. The van der Waals surface area contributed by atoms with Crippen molar-refractivity contribution in [3.05, 3.63) is 29.3 Å². The highest BCUT2D eigenvalue weighted by atomic mass is 79.9. The molecule has 5 nitrogen and oxygen atoms in total. The van der Waals surface area contributed by atoms with Crippen molar-refractivity contribution in [1.29, 1.82) is 0 Å². The number of alkyl halides is 1. The number of para-hydroxylation sites is 1. The number of carbonyl (C=O) groups is 2. The summed E-state index contributed by atoms with van der Waals surface area (Å²) < 4.78 is 5.10. The number of benzene rings is 1. The Balaban J connectivity index is 3.17. The number of ether oxygens (including phenoxy) is 1. The summed E-state index contributed by atoms with van der Waals surface area (Å²) in [6.07, 6.45) is -1.55. The molecule has 0 amide bonds. The zero-order valence-electron chi connectivity index (χ0n) is 9.72. The molecule has 0 aliphatic rings. The molecule has 2 N–H and O–H groups in total. The lowest BCUT2D eigenvalue weighted by atomic mass is 10.0. The maximum absolute atomic E-state index is 11.4. The number of aliphatic hydroxyl groups is 1. The first-order valence-electron chi connectivity index (χ1n) is 5.15. The molecule has 1 aromatic carbocycles. The maximum Gasteiger partial charge on any atom is 0.337 e. The molecule has 18 heavy (non-hydrogen) atoms. The summed E-state index contributed by atoms with van der Waals surface area (Å²) >= 11 is 3.06. The van der Waals surface area contributed by atoms with Crippen molar-refractivity contribution >= 4 is 27.7 Å². The lowest BCUT2D eigenvalue weighted by Crippen LogP contribution is -2.13. The van der Waals surface area contributed by atoms with Gasteiger partial charge in [0.05, 0.1) is 12.4 Å². The first kappa shape index (κ1) is 14.7. The monoisotopic (exact) mass is 316 g/mol. The molecule has 0 saturated heterocycles. The molecule has 0 spiro atoms. The number of hydrogen-bond acceptors (Lipinski definition) is 4. The van der Waals surface area contributed by atoms with Crippen LogP contribution >= 0.6 is 15.9 Å². The van der Waals surface area contributed by atoms with Gasteiger partial charge in [-0.15, -0.1) is 0 Å². The minimum atomic E-state index is -1.67. The van der Waals surface area contributed by atoms with Crippen LogP contribution in [0, 0.1) is 0 Å². The van der Waals surface area contributed by atoms with Crippen LogP contribution in [0.25, 0.3) is 0 Å². The van der Waals surface area contributed by atoms with E-state index in [0.29, 0.717) is 5.56 Å². The van der Waals surface area contributed by atoms with Gasteiger partial charge in [-0.05, 0) is 0 Å². The second-order valence-electron chi connectivity index (χ2n) is 3.63. The van der Waals surface area contributed by atoms with Gasteiger partial charge in [0.1, 0.15) is 11.5 Å². The average molecular weight is 317 g/mol. The van der Waals surface area contributed by atoms with E-state index < -0.39 is 12.1 Å². The number of carboxylic acid groups (broad SMARTS) is 1. The molecule has 1 atom stereocenters. The molecule has 0 bridgehead atoms. The predicted octanol–water partition coefficient (Wildman–Crippen LogP) is 1.32. The first-order chi connectivity index (χ1) is 8.51. The van der Waals surface area contributed by atoms with Crippen molar-refractivity contribution in [3.8, 4) is 5.75 Å². The van der Waals surface area contributed by atoms with Crippen LogP contribution in [0.5, 0.6) is 5.75 Å². The molecule has 0 aliphatic heterocycles. The standard InChI is InChI=1S/C12H13BrO5/c1-18-11-7(5-8(14)6-13)3-2-4-9(11)10(15)12(16)17/h2-4,10,15H,5-6H2,1H3,(H,16,17). The van der Waals surface area contributed by atoms with Gasteiger partial charge in [0.15, 0.2) is 6.10 Å².